The molecule has 1 aromatic carbocycles. The number of carbonyl (C=O) groups is 1. The molecule has 2 nitrogen and oxygen atoms in total. The minimum atomic E-state index is -0.437. The predicted molar refractivity (Wildman–Crippen MR) is 80.0 cm³/mol. The molecule has 0 radical (unpaired) electrons. The Balaban J connectivity index is 2.91. The second-order valence-electron chi connectivity index (χ2n) is 5.56. The minimum absolute atomic E-state index is 0.0264. The van der Waals surface area contributed by atoms with E-state index in [1.54, 1.807) is 12.1 Å². The fourth-order valence-electron chi connectivity index (χ4n) is 1.96. The van der Waals surface area contributed by atoms with Gasteiger partial charge in [0.15, 0.2) is 5.78 Å². The fourth-order valence-corrected chi connectivity index (χ4v) is 2.34. The summed E-state index contributed by atoms with van der Waals surface area (Å²) in [6.45, 7) is 8.37. The third-order valence-corrected chi connectivity index (χ3v) is 3.67. The van der Waals surface area contributed by atoms with Gasteiger partial charge in [-0.1, -0.05) is 56.1 Å². The molecule has 0 aliphatic carbocycles. The average Bonchev–Trinajstić information content (AvgIpc) is 2.30. The molecule has 1 atom stereocenters. The minimum Gasteiger partial charge on any atom is -0.370 e. The first-order valence-electron chi connectivity index (χ1n) is 6.34. The van der Waals surface area contributed by atoms with E-state index < -0.39 is 6.10 Å². The van der Waals surface area contributed by atoms with Gasteiger partial charge in [0.25, 0.3) is 0 Å². The molecular formula is C15H20Cl2O2. The highest BCUT2D eigenvalue weighted by Gasteiger charge is 2.31. The van der Waals surface area contributed by atoms with Crippen LogP contribution in [0.5, 0.6) is 0 Å². The lowest BCUT2D eigenvalue weighted by atomic mass is 9.84. The molecule has 0 spiro atoms. The maximum Gasteiger partial charge on any atom is 0.166 e. The Hall–Kier alpha value is -0.570. The molecule has 0 saturated carbocycles. The van der Waals surface area contributed by atoms with Crippen molar-refractivity contribution in [1.82, 2.24) is 0 Å². The SMILES string of the molecule is CCOC(C(=O)Cc1cccc(Cl)c1Cl)C(C)(C)C. The van der Waals surface area contributed by atoms with Gasteiger partial charge in [0, 0.05) is 13.0 Å². The summed E-state index contributed by atoms with van der Waals surface area (Å²) in [5.74, 6) is 0.0264. The quantitative estimate of drug-likeness (QED) is 0.797. The van der Waals surface area contributed by atoms with Crippen molar-refractivity contribution in [3.8, 4) is 0 Å². The van der Waals surface area contributed by atoms with Gasteiger partial charge in [0.2, 0.25) is 0 Å². The van der Waals surface area contributed by atoms with Crippen molar-refractivity contribution in [2.75, 3.05) is 6.61 Å². The number of ketones is 1. The van der Waals surface area contributed by atoms with E-state index in [-0.39, 0.29) is 17.6 Å². The number of hydrogen-bond donors (Lipinski definition) is 0. The molecule has 0 saturated heterocycles. The first-order chi connectivity index (χ1) is 8.77. The first-order valence-corrected chi connectivity index (χ1v) is 7.10. The average molecular weight is 303 g/mol. The molecule has 0 aliphatic heterocycles. The monoisotopic (exact) mass is 302 g/mol. The van der Waals surface area contributed by atoms with Crippen LogP contribution in [0, 0.1) is 5.41 Å². The topological polar surface area (TPSA) is 26.3 Å². The molecule has 0 aromatic heterocycles. The van der Waals surface area contributed by atoms with Gasteiger partial charge in [0.05, 0.1) is 10.0 Å². The van der Waals surface area contributed by atoms with E-state index in [0.29, 0.717) is 16.7 Å². The van der Waals surface area contributed by atoms with Crippen LogP contribution in [0.3, 0.4) is 0 Å². The van der Waals surface area contributed by atoms with Gasteiger partial charge < -0.3 is 4.74 Å². The summed E-state index contributed by atoms with van der Waals surface area (Å²) < 4.78 is 5.58. The number of carbonyl (C=O) groups excluding carboxylic acids is 1. The Morgan fingerprint density at radius 2 is 1.95 bits per heavy atom. The maximum atomic E-state index is 12.4. The molecule has 0 heterocycles. The van der Waals surface area contributed by atoms with E-state index in [1.807, 2.05) is 33.8 Å². The normalized spacial score (nSPS) is 13.4. The zero-order valence-corrected chi connectivity index (χ0v) is 13.3. The van der Waals surface area contributed by atoms with Gasteiger partial charge in [-0.2, -0.15) is 0 Å². The summed E-state index contributed by atoms with van der Waals surface area (Å²) >= 11 is 12.1. The van der Waals surface area contributed by atoms with Gasteiger partial charge in [-0.15, -0.1) is 0 Å². The van der Waals surface area contributed by atoms with Crippen LogP contribution in [0.1, 0.15) is 33.3 Å². The fraction of sp³-hybridized carbons (Fsp3) is 0.533. The third-order valence-electron chi connectivity index (χ3n) is 2.81. The van der Waals surface area contributed by atoms with E-state index >= 15 is 0 Å². The highest BCUT2D eigenvalue weighted by atomic mass is 35.5. The van der Waals surface area contributed by atoms with Gasteiger partial charge >= 0.3 is 0 Å². The van der Waals surface area contributed by atoms with Gasteiger partial charge in [-0.3, -0.25) is 4.79 Å². The Kier molecular flexibility index (Phi) is 5.84. The predicted octanol–water partition coefficient (Wildman–Crippen LogP) is 4.56. The van der Waals surface area contributed by atoms with Crippen LogP contribution in [0.15, 0.2) is 18.2 Å². The number of ether oxygens (including phenoxy) is 1. The summed E-state index contributed by atoms with van der Waals surface area (Å²) in [6, 6.07) is 5.32. The van der Waals surface area contributed by atoms with Crippen LogP contribution in [-0.2, 0) is 16.0 Å². The number of halogens is 2. The lowest BCUT2D eigenvalue weighted by Crippen LogP contribution is -2.38. The molecular weight excluding hydrogens is 283 g/mol. The summed E-state index contributed by atoms with van der Waals surface area (Å²) in [5.41, 5.74) is 0.506. The van der Waals surface area contributed by atoms with Crippen molar-refractivity contribution in [2.24, 2.45) is 5.41 Å². The third kappa shape index (κ3) is 4.48. The van der Waals surface area contributed by atoms with E-state index in [9.17, 15) is 4.79 Å². The van der Waals surface area contributed by atoms with Crippen LogP contribution in [0.2, 0.25) is 10.0 Å². The van der Waals surface area contributed by atoms with Crippen LogP contribution in [-0.4, -0.2) is 18.5 Å². The molecule has 0 bridgehead atoms. The number of Topliss-reactive ketones (excluding diaryl/α,β-unsaturated/α-hetero) is 1. The molecule has 4 heteroatoms. The second-order valence-corrected chi connectivity index (χ2v) is 6.34. The van der Waals surface area contributed by atoms with E-state index in [2.05, 4.69) is 0 Å². The van der Waals surface area contributed by atoms with E-state index in [4.69, 9.17) is 27.9 Å². The lowest BCUT2D eigenvalue weighted by Gasteiger charge is -2.29. The van der Waals surface area contributed by atoms with Gasteiger partial charge in [-0.25, -0.2) is 0 Å². The highest BCUT2D eigenvalue weighted by Crippen LogP contribution is 2.29. The van der Waals surface area contributed by atoms with Gasteiger partial charge in [0.1, 0.15) is 6.10 Å². The van der Waals surface area contributed by atoms with Crippen molar-refractivity contribution in [3.63, 3.8) is 0 Å². The van der Waals surface area contributed by atoms with Crippen LogP contribution < -0.4 is 0 Å². The van der Waals surface area contributed by atoms with E-state index in [0.717, 1.165) is 5.56 Å². The summed E-state index contributed by atoms with van der Waals surface area (Å²) in [4.78, 5) is 12.4. The number of hydrogen-bond acceptors (Lipinski definition) is 2. The standard InChI is InChI=1S/C15H20Cl2O2/c1-5-19-14(15(2,3)4)12(18)9-10-7-6-8-11(16)13(10)17/h6-8,14H,5,9H2,1-4H3. The highest BCUT2D eigenvalue weighted by molar-refractivity contribution is 6.42. The Labute approximate surface area is 125 Å². The van der Waals surface area contributed by atoms with Crippen molar-refractivity contribution in [3.05, 3.63) is 33.8 Å². The zero-order chi connectivity index (χ0) is 14.6. The summed E-state index contributed by atoms with van der Waals surface area (Å²) in [5, 5.41) is 0.914. The van der Waals surface area contributed by atoms with Crippen molar-refractivity contribution >= 4 is 29.0 Å². The van der Waals surface area contributed by atoms with Crippen molar-refractivity contribution in [1.29, 1.82) is 0 Å². The number of benzene rings is 1. The molecule has 0 fully saturated rings. The molecule has 1 rings (SSSR count). The maximum absolute atomic E-state index is 12.4. The Morgan fingerprint density at radius 1 is 1.32 bits per heavy atom. The zero-order valence-electron chi connectivity index (χ0n) is 11.8. The molecule has 19 heavy (non-hydrogen) atoms. The van der Waals surface area contributed by atoms with Crippen LogP contribution >= 0.6 is 23.2 Å². The first kappa shape index (κ1) is 16.5. The Morgan fingerprint density at radius 3 is 2.47 bits per heavy atom. The van der Waals surface area contributed by atoms with Crippen molar-refractivity contribution < 1.29 is 9.53 Å². The smallest absolute Gasteiger partial charge is 0.166 e. The summed E-state index contributed by atoms with van der Waals surface area (Å²) in [7, 11) is 0. The molecule has 0 aliphatic rings. The Bertz CT molecular complexity index is 450. The molecule has 1 aromatic rings. The van der Waals surface area contributed by atoms with Gasteiger partial charge in [-0.05, 0) is 24.0 Å². The molecule has 1 unspecified atom stereocenters. The van der Waals surface area contributed by atoms with Crippen LogP contribution in [0.4, 0.5) is 0 Å². The number of rotatable bonds is 5. The molecule has 106 valence electrons. The van der Waals surface area contributed by atoms with Crippen molar-refractivity contribution in [2.45, 2.75) is 40.2 Å². The molecule has 0 N–H and O–H groups in total. The van der Waals surface area contributed by atoms with E-state index in [1.165, 1.54) is 0 Å². The van der Waals surface area contributed by atoms with Crippen LogP contribution in [0.25, 0.3) is 0 Å². The second kappa shape index (κ2) is 6.74. The summed E-state index contributed by atoms with van der Waals surface area (Å²) in [6.07, 6.45) is -0.200. The largest absolute Gasteiger partial charge is 0.370 e. The molecule has 0 amide bonds. The lowest BCUT2D eigenvalue weighted by molar-refractivity contribution is -0.136.